The predicted molar refractivity (Wildman–Crippen MR) is 97.6 cm³/mol. The molecule has 0 bridgehead atoms. The molecular weight excluding hydrogens is 330 g/mol. The van der Waals surface area contributed by atoms with Gasteiger partial charge in [0.25, 0.3) is 0 Å². The minimum atomic E-state index is -0.541. The molecule has 2 aromatic carbocycles. The van der Waals surface area contributed by atoms with Gasteiger partial charge in [-0.05, 0) is 30.5 Å². The summed E-state index contributed by atoms with van der Waals surface area (Å²) >= 11 is 0. The smallest absolute Gasteiger partial charge is 0.342 e. The molecule has 0 saturated carbocycles. The molecule has 1 atom stereocenters. The maximum absolute atomic E-state index is 12.5. The third kappa shape index (κ3) is 3.29. The Bertz CT molecular complexity index is 784. The monoisotopic (exact) mass is 353 g/mol. The van der Waals surface area contributed by atoms with Crippen LogP contribution in [0.5, 0.6) is 5.75 Å². The molecule has 5 nitrogen and oxygen atoms in total. The van der Waals surface area contributed by atoms with E-state index in [0.29, 0.717) is 24.2 Å². The summed E-state index contributed by atoms with van der Waals surface area (Å²) in [7, 11) is 0. The Morgan fingerprint density at radius 2 is 1.69 bits per heavy atom. The number of carbonyl (C=O) groups is 2. The highest BCUT2D eigenvalue weighted by atomic mass is 16.5. The van der Waals surface area contributed by atoms with E-state index in [1.54, 1.807) is 24.3 Å². The summed E-state index contributed by atoms with van der Waals surface area (Å²) in [4.78, 5) is 24.5. The van der Waals surface area contributed by atoms with Crippen molar-refractivity contribution < 1.29 is 19.1 Å². The fourth-order valence-corrected chi connectivity index (χ4v) is 3.19. The van der Waals surface area contributed by atoms with Gasteiger partial charge < -0.3 is 14.8 Å². The van der Waals surface area contributed by atoms with E-state index in [1.807, 2.05) is 44.2 Å². The number of nitrogens with one attached hydrogen (secondary N) is 1. The second-order valence-electron chi connectivity index (χ2n) is 6.39. The van der Waals surface area contributed by atoms with E-state index >= 15 is 0 Å². The van der Waals surface area contributed by atoms with Crippen LogP contribution in [0.3, 0.4) is 0 Å². The van der Waals surface area contributed by atoms with E-state index < -0.39 is 17.6 Å². The molecule has 1 saturated heterocycles. The van der Waals surface area contributed by atoms with E-state index in [9.17, 15) is 9.59 Å². The number of para-hydroxylation sites is 1. The van der Waals surface area contributed by atoms with Crippen molar-refractivity contribution in [3.8, 4) is 5.75 Å². The molecule has 0 aromatic heterocycles. The molecule has 0 aliphatic carbocycles. The first-order valence-corrected chi connectivity index (χ1v) is 8.88. The molecule has 5 heteroatoms. The lowest BCUT2D eigenvalue weighted by Crippen LogP contribution is -2.69. The van der Waals surface area contributed by atoms with E-state index in [-0.39, 0.29) is 12.5 Å². The first kappa shape index (κ1) is 18.0. The van der Waals surface area contributed by atoms with Crippen LogP contribution in [-0.4, -0.2) is 18.1 Å². The second kappa shape index (κ2) is 7.60. The third-order valence-electron chi connectivity index (χ3n) is 5.04. The zero-order valence-electron chi connectivity index (χ0n) is 15.0. The fraction of sp³-hybridized carbons (Fsp3) is 0.333. The van der Waals surface area contributed by atoms with Crippen LogP contribution in [0, 0.1) is 5.41 Å². The molecule has 1 aliphatic heterocycles. The first-order valence-electron chi connectivity index (χ1n) is 8.88. The van der Waals surface area contributed by atoms with Gasteiger partial charge in [0.05, 0.1) is 0 Å². The summed E-state index contributed by atoms with van der Waals surface area (Å²) < 4.78 is 11.4. The van der Waals surface area contributed by atoms with Gasteiger partial charge in [-0.25, -0.2) is 4.79 Å². The molecule has 0 spiro atoms. The number of rotatable bonds is 7. The summed E-state index contributed by atoms with van der Waals surface area (Å²) in [5, 5.41) is 2.79. The molecule has 3 rings (SSSR count). The van der Waals surface area contributed by atoms with Crippen LogP contribution in [0.25, 0.3) is 0 Å². The van der Waals surface area contributed by atoms with Gasteiger partial charge in [0.1, 0.15) is 23.3 Å². The Morgan fingerprint density at radius 3 is 2.35 bits per heavy atom. The van der Waals surface area contributed by atoms with E-state index in [1.165, 1.54) is 0 Å². The van der Waals surface area contributed by atoms with Gasteiger partial charge in [-0.2, -0.15) is 0 Å². The Hall–Kier alpha value is -2.82. The Morgan fingerprint density at radius 1 is 1.04 bits per heavy atom. The number of benzene rings is 2. The molecule has 1 fully saturated rings. The van der Waals surface area contributed by atoms with E-state index in [0.717, 1.165) is 5.56 Å². The first-order chi connectivity index (χ1) is 12.6. The number of esters is 1. The van der Waals surface area contributed by atoms with Gasteiger partial charge in [0.2, 0.25) is 5.91 Å². The average molecular weight is 353 g/mol. The van der Waals surface area contributed by atoms with Crippen molar-refractivity contribution >= 4 is 11.9 Å². The lowest BCUT2D eigenvalue weighted by Gasteiger charge is -2.47. The standard InChI is InChI=1S/C21H23NO4/c1-3-21(4-2)19(24)22-20(21)26-17-13-9-8-12-16(17)18(23)25-14-15-10-6-5-7-11-15/h5-13,20H,3-4,14H2,1-2H3,(H,22,24)/t20-/m0/s1. The zero-order chi connectivity index (χ0) is 18.6. The Labute approximate surface area is 153 Å². The van der Waals surface area contributed by atoms with Gasteiger partial charge in [0, 0.05) is 0 Å². The van der Waals surface area contributed by atoms with Gasteiger partial charge in [0.15, 0.2) is 6.23 Å². The fourth-order valence-electron chi connectivity index (χ4n) is 3.19. The maximum atomic E-state index is 12.5. The van der Waals surface area contributed by atoms with Crippen LogP contribution in [0.15, 0.2) is 54.6 Å². The number of hydrogen-bond acceptors (Lipinski definition) is 4. The molecular formula is C21H23NO4. The quantitative estimate of drug-likeness (QED) is 0.609. The topological polar surface area (TPSA) is 64.6 Å². The van der Waals surface area contributed by atoms with Gasteiger partial charge in [-0.15, -0.1) is 0 Å². The molecule has 0 radical (unpaired) electrons. The highest BCUT2D eigenvalue weighted by Gasteiger charge is 2.54. The summed E-state index contributed by atoms with van der Waals surface area (Å²) in [5.41, 5.74) is 0.730. The maximum Gasteiger partial charge on any atom is 0.342 e. The van der Waals surface area contributed by atoms with Crippen molar-refractivity contribution in [1.29, 1.82) is 0 Å². The van der Waals surface area contributed by atoms with Crippen molar-refractivity contribution in [3.05, 3.63) is 65.7 Å². The Kier molecular flexibility index (Phi) is 5.26. The largest absolute Gasteiger partial charge is 0.469 e. The van der Waals surface area contributed by atoms with Crippen LogP contribution in [0.4, 0.5) is 0 Å². The lowest BCUT2D eigenvalue weighted by molar-refractivity contribution is -0.161. The normalized spacial score (nSPS) is 17.8. The Balaban J connectivity index is 1.72. The number of ether oxygens (including phenoxy) is 2. The summed E-state index contributed by atoms with van der Waals surface area (Å²) in [6.07, 6.45) is 0.925. The van der Waals surface area contributed by atoms with Gasteiger partial charge in [-0.1, -0.05) is 56.3 Å². The van der Waals surface area contributed by atoms with Crippen molar-refractivity contribution in [2.45, 2.75) is 39.5 Å². The minimum absolute atomic E-state index is 0.00312. The second-order valence-corrected chi connectivity index (χ2v) is 6.39. The van der Waals surface area contributed by atoms with Crippen molar-refractivity contribution in [3.63, 3.8) is 0 Å². The van der Waals surface area contributed by atoms with Crippen molar-refractivity contribution in [2.24, 2.45) is 5.41 Å². The van der Waals surface area contributed by atoms with Gasteiger partial charge >= 0.3 is 5.97 Å². The molecule has 1 amide bonds. The molecule has 2 aromatic rings. The van der Waals surface area contributed by atoms with E-state index in [4.69, 9.17) is 9.47 Å². The van der Waals surface area contributed by atoms with Crippen molar-refractivity contribution in [2.75, 3.05) is 0 Å². The highest BCUT2D eigenvalue weighted by Crippen LogP contribution is 2.39. The zero-order valence-corrected chi connectivity index (χ0v) is 15.0. The molecule has 1 heterocycles. The molecule has 1 aliphatic rings. The summed E-state index contributed by atoms with van der Waals surface area (Å²) in [6, 6.07) is 16.5. The number of amides is 1. The van der Waals surface area contributed by atoms with Crippen LogP contribution in [-0.2, 0) is 16.1 Å². The predicted octanol–water partition coefficient (Wildman–Crippen LogP) is 3.68. The van der Waals surface area contributed by atoms with Crippen LogP contribution >= 0.6 is 0 Å². The molecule has 26 heavy (non-hydrogen) atoms. The molecule has 0 unspecified atom stereocenters. The number of carbonyl (C=O) groups excluding carboxylic acids is 2. The SMILES string of the molecule is CCC1(CC)C(=O)N[C@H]1Oc1ccccc1C(=O)OCc1ccccc1. The van der Waals surface area contributed by atoms with Crippen LogP contribution in [0.1, 0.15) is 42.6 Å². The van der Waals surface area contributed by atoms with Gasteiger partial charge in [-0.3, -0.25) is 4.79 Å². The molecule has 136 valence electrons. The number of β-lactam (4-membered cyclic amide) rings is 1. The lowest BCUT2D eigenvalue weighted by atomic mass is 9.73. The minimum Gasteiger partial charge on any atom is -0.469 e. The average Bonchev–Trinajstić information content (AvgIpc) is 2.68. The summed E-state index contributed by atoms with van der Waals surface area (Å²) in [6.45, 7) is 4.14. The molecule has 1 N–H and O–H groups in total. The summed E-state index contributed by atoms with van der Waals surface area (Å²) in [5.74, 6) is -0.0350. The van der Waals surface area contributed by atoms with Crippen molar-refractivity contribution in [1.82, 2.24) is 5.32 Å². The van der Waals surface area contributed by atoms with Crippen LogP contribution in [0.2, 0.25) is 0 Å². The highest BCUT2D eigenvalue weighted by molar-refractivity contribution is 5.93. The number of hydrogen-bond donors (Lipinski definition) is 1. The van der Waals surface area contributed by atoms with E-state index in [2.05, 4.69) is 5.32 Å². The van der Waals surface area contributed by atoms with Crippen LogP contribution < -0.4 is 10.1 Å². The third-order valence-corrected chi connectivity index (χ3v) is 5.04.